The highest BCUT2D eigenvalue weighted by molar-refractivity contribution is 6.00. The van der Waals surface area contributed by atoms with E-state index in [2.05, 4.69) is 16.9 Å². The molecular formula is C29H39N3O7. The smallest absolute Gasteiger partial charge is 0.342 e. The van der Waals surface area contributed by atoms with Gasteiger partial charge in [-0.15, -0.1) is 0 Å². The number of hydrogen-bond acceptors (Lipinski definition) is 9. The normalized spacial score (nSPS) is 23.3. The van der Waals surface area contributed by atoms with Gasteiger partial charge in [0, 0.05) is 45.1 Å². The van der Waals surface area contributed by atoms with Gasteiger partial charge in [0.2, 0.25) is 0 Å². The third kappa shape index (κ3) is 9.86. The van der Waals surface area contributed by atoms with E-state index >= 15 is 0 Å². The molecular weight excluding hydrogens is 502 g/mol. The van der Waals surface area contributed by atoms with Crippen LogP contribution < -0.4 is 0 Å². The van der Waals surface area contributed by atoms with Gasteiger partial charge >= 0.3 is 5.97 Å². The van der Waals surface area contributed by atoms with E-state index in [1.807, 2.05) is 18.2 Å². The lowest BCUT2D eigenvalue weighted by Crippen LogP contribution is -2.37. The molecule has 10 nitrogen and oxygen atoms in total. The largest absolute Gasteiger partial charge is 0.508 e. The summed E-state index contributed by atoms with van der Waals surface area (Å²) in [4.78, 5) is 36.6. The second-order valence-electron chi connectivity index (χ2n) is 9.70. The molecule has 212 valence electrons. The minimum absolute atomic E-state index is 0.0432. The molecule has 39 heavy (non-hydrogen) atoms. The first kappa shape index (κ1) is 29.9. The van der Waals surface area contributed by atoms with Crippen LogP contribution in [0.25, 0.3) is 0 Å². The zero-order chi connectivity index (χ0) is 28.0. The summed E-state index contributed by atoms with van der Waals surface area (Å²) in [5.74, 6) is -1.44. The molecule has 0 saturated carbocycles. The topological polar surface area (TPSA) is 130 Å². The number of carbonyl (C=O) groups excluding carboxylic acids is 2. The third-order valence-electron chi connectivity index (χ3n) is 6.44. The molecule has 0 aromatic heterocycles. The molecule has 0 aliphatic carbocycles. The van der Waals surface area contributed by atoms with Crippen molar-refractivity contribution in [1.82, 2.24) is 4.90 Å². The van der Waals surface area contributed by atoms with Crippen LogP contribution in [-0.4, -0.2) is 84.5 Å². The average Bonchev–Trinajstić information content (AvgIpc) is 2.90. The van der Waals surface area contributed by atoms with Crippen LogP contribution in [0.4, 0.5) is 0 Å². The molecule has 3 rings (SSSR count). The molecule has 2 aliphatic rings. The number of aromatic hydroxyl groups is 2. The Morgan fingerprint density at radius 1 is 1.18 bits per heavy atom. The van der Waals surface area contributed by atoms with Crippen molar-refractivity contribution in [2.45, 2.75) is 64.1 Å². The van der Waals surface area contributed by atoms with Crippen molar-refractivity contribution < 1.29 is 34.1 Å². The predicted octanol–water partition coefficient (Wildman–Crippen LogP) is 3.95. The van der Waals surface area contributed by atoms with E-state index in [1.54, 1.807) is 17.9 Å². The van der Waals surface area contributed by atoms with Crippen LogP contribution in [0.5, 0.6) is 11.5 Å². The summed E-state index contributed by atoms with van der Waals surface area (Å²) in [6.07, 6.45) is 11.6. The van der Waals surface area contributed by atoms with Crippen molar-refractivity contribution >= 4 is 24.3 Å². The summed E-state index contributed by atoms with van der Waals surface area (Å²) in [6.45, 7) is 7.59. The van der Waals surface area contributed by atoms with E-state index in [9.17, 15) is 19.8 Å². The standard InChI is InChI=1S/C29H39N3O7/c1-21-9-6-11-25(37-16-8-13-30-2)12-7-10-23(31-38-20-27(35)32-14-4-3-5-15-32)17-22-18-24(33)19-26(34)28(22)29(36)39-21/h6-7,10-11,18-19,21,25,33-34H,2-5,8-9,12-17,20H2,1H3/b10-7+,11-6+,31-23-/t21-,25-/m1/s1. The van der Waals surface area contributed by atoms with Crippen LogP contribution in [0.2, 0.25) is 0 Å². The number of cyclic esters (lactones) is 1. The van der Waals surface area contributed by atoms with Gasteiger partial charge < -0.3 is 34.4 Å². The molecule has 0 unspecified atom stereocenters. The fourth-order valence-electron chi connectivity index (χ4n) is 4.43. The fourth-order valence-corrected chi connectivity index (χ4v) is 4.43. The molecule has 1 fully saturated rings. The second-order valence-corrected chi connectivity index (χ2v) is 9.70. The van der Waals surface area contributed by atoms with Crippen LogP contribution in [0.15, 0.2) is 46.6 Å². The lowest BCUT2D eigenvalue weighted by molar-refractivity contribution is -0.137. The number of aliphatic imine (C=N–C) groups is 1. The van der Waals surface area contributed by atoms with Gasteiger partial charge in [-0.25, -0.2) is 4.79 Å². The van der Waals surface area contributed by atoms with E-state index in [4.69, 9.17) is 14.3 Å². The number of fused-ring (bicyclic) bond motifs is 1. The Morgan fingerprint density at radius 2 is 1.97 bits per heavy atom. The first-order valence-corrected chi connectivity index (χ1v) is 13.5. The lowest BCUT2D eigenvalue weighted by Gasteiger charge is -2.26. The number of likely N-dealkylation sites (tertiary alicyclic amines) is 1. The Labute approximate surface area is 229 Å². The monoisotopic (exact) mass is 541 g/mol. The second kappa shape index (κ2) is 15.7. The van der Waals surface area contributed by atoms with Gasteiger partial charge in [-0.2, -0.15) is 0 Å². The Kier molecular flexibility index (Phi) is 12.0. The molecule has 0 bridgehead atoms. The van der Waals surface area contributed by atoms with Crippen LogP contribution in [0, 0.1) is 0 Å². The number of nitrogens with zero attached hydrogens (tertiary/aromatic N) is 3. The molecule has 2 aliphatic heterocycles. The Morgan fingerprint density at radius 3 is 2.74 bits per heavy atom. The number of benzene rings is 1. The molecule has 1 aromatic rings. The zero-order valence-electron chi connectivity index (χ0n) is 22.6. The highest BCUT2D eigenvalue weighted by atomic mass is 16.6. The number of oxime groups is 1. The van der Waals surface area contributed by atoms with Gasteiger partial charge in [0.1, 0.15) is 23.2 Å². The van der Waals surface area contributed by atoms with Crippen LogP contribution in [0.3, 0.4) is 0 Å². The Hall–Kier alpha value is -3.66. The highest BCUT2D eigenvalue weighted by Crippen LogP contribution is 2.29. The van der Waals surface area contributed by atoms with Crippen molar-refractivity contribution in [3.05, 3.63) is 47.6 Å². The van der Waals surface area contributed by atoms with Crippen molar-refractivity contribution in [2.24, 2.45) is 10.1 Å². The summed E-state index contributed by atoms with van der Waals surface area (Å²) in [7, 11) is 0. The molecule has 0 spiro atoms. The van der Waals surface area contributed by atoms with Crippen molar-refractivity contribution in [3.63, 3.8) is 0 Å². The van der Waals surface area contributed by atoms with E-state index in [-0.39, 0.29) is 36.4 Å². The van der Waals surface area contributed by atoms with Gasteiger partial charge in [0.15, 0.2) is 6.61 Å². The lowest BCUT2D eigenvalue weighted by atomic mass is 9.99. The maximum Gasteiger partial charge on any atom is 0.342 e. The van der Waals surface area contributed by atoms with Crippen LogP contribution >= 0.6 is 0 Å². The van der Waals surface area contributed by atoms with Crippen molar-refractivity contribution in [1.29, 1.82) is 0 Å². The number of amides is 1. The number of hydrogen-bond donors (Lipinski definition) is 2. The predicted molar refractivity (Wildman–Crippen MR) is 148 cm³/mol. The number of rotatable bonds is 8. The van der Waals surface area contributed by atoms with Gasteiger partial charge in [-0.05, 0) is 63.5 Å². The summed E-state index contributed by atoms with van der Waals surface area (Å²) < 4.78 is 11.6. The van der Waals surface area contributed by atoms with Crippen LogP contribution in [-0.2, 0) is 25.5 Å². The molecule has 2 heterocycles. The first-order valence-electron chi connectivity index (χ1n) is 13.5. The highest BCUT2D eigenvalue weighted by Gasteiger charge is 2.23. The summed E-state index contributed by atoms with van der Waals surface area (Å²) >= 11 is 0. The number of phenols is 2. The number of carbonyl (C=O) groups is 2. The maximum absolute atomic E-state index is 13.0. The fraction of sp³-hybridized carbons (Fsp3) is 0.517. The maximum atomic E-state index is 13.0. The quantitative estimate of drug-likeness (QED) is 0.168. The average molecular weight is 542 g/mol. The molecule has 1 saturated heterocycles. The third-order valence-corrected chi connectivity index (χ3v) is 6.44. The number of allylic oxidation sites excluding steroid dienone is 1. The SMILES string of the molecule is C=NCCCO[C@@H]1/C=C/C[C@@H](C)OC(=O)c2c(O)cc(O)cc2CC(=N\OCC(=O)N2CCCCC2)/C=C/C1. The van der Waals surface area contributed by atoms with E-state index in [0.29, 0.717) is 50.4 Å². The van der Waals surface area contributed by atoms with E-state index in [0.717, 1.165) is 31.7 Å². The van der Waals surface area contributed by atoms with E-state index in [1.165, 1.54) is 6.07 Å². The zero-order valence-corrected chi connectivity index (χ0v) is 22.6. The van der Waals surface area contributed by atoms with Gasteiger partial charge in [0.05, 0.1) is 11.8 Å². The molecule has 1 aromatic carbocycles. The molecule has 1 amide bonds. The summed E-state index contributed by atoms with van der Waals surface area (Å²) in [5.41, 5.74) is 0.656. The first-order chi connectivity index (χ1) is 18.9. The van der Waals surface area contributed by atoms with Crippen molar-refractivity contribution in [3.8, 4) is 11.5 Å². The minimum Gasteiger partial charge on any atom is -0.508 e. The van der Waals surface area contributed by atoms with Crippen molar-refractivity contribution in [2.75, 3.05) is 32.8 Å². The number of ether oxygens (including phenoxy) is 2. The summed E-state index contributed by atoms with van der Waals surface area (Å²) in [6, 6.07) is 2.48. The van der Waals surface area contributed by atoms with Crippen LogP contribution in [0.1, 0.15) is 61.4 Å². The van der Waals surface area contributed by atoms with Gasteiger partial charge in [0.25, 0.3) is 5.91 Å². The molecule has 2 atom stereocenters. The summed E-state index contributed by atoms with van der Waals surface area (Å²) in [5, 5.41) is 24.8. The number of piperidine rings is 1. The molecule has 10 heteroatoms. The Balaban J connectivity index is 1.85. The number of phenolic OH excluding ortho intramolecular Hbond substituents is 2. The Bertz CT molecular complexity index is 1080. The minimum atomic E-state index is -0.713. The number of esters is 1. The van der Waals surface area contributed by atoms with E-state index < -0.39 is 17.8 Å². The molecule has 2 N–H and O–H groups in total. The van der Waals surface area contributed by atoms with Gasteiger partial charge in [-0.3, -0.25) is 4.79 Å². The van der Waals surface area contributed by atoms with Gasteiger partial charge in [-0.1, -0.05) is 23.4 Å². The molecule has 0 radical (unpaired) electrons.